The first-order chi connectivity index (χ1) is 21.7. The quantitative estimate of drug-likeness (QED) is 0.177. The largest absolute Gasteiger partial charge is 0.467 e. The molecule has 0 aliphatic carbocycles. The van der Waals surface area contributed by atoms with E-state index in [0.717, 1.165) is 22.3 Å². The summed E-state index contributed by atoms with van der Waals surface area (Å²) >= 11 is 12.5. The van der Waals surface area contributed by atoms with E-state index in [1.807, 2.05) is 73.7 Å². The number of urea groups is 1. The number of anilines is 1. The van der Waals surface area contributed by atoms with Crippen LogP contribution in [0, 0.1) is 5.92 Å². The number of carbonyl (C=O) groups excluding carboxylic acids is 2. The Morgan fingerprint density at radius 3 is 2.29 bits per heavy atom. The Hall–Kier alpha value is -3.93. The fourth-order valence-electron chi connectivity index (χ4n) is 5.23. The van der Waals surface area contributed by atoms with Gasteiger partial charge in [0.1, 0.15) is 11.2 Å². The van der Waals surface area contributed by atoms with Crippen LogP contribution in [0.1, 0.15) is 41.6 Å². The molecule has 2 amide bonds. The van der Waals surface area contributed by atoms with Gasteiger partial charge in [-0.15, -0.1) is 0 Å². The number of aliphatic hydroxyl groups excluding tert-OH is 1. The van der Waals surface area contributed by atoms with E-state index in [1.165, 1.54) is 7.11 Å². The van der Waals surface area contributed by atoms with Crippen molar-refractivity contribution in [3.8, 4) is 0 Å². The summed E-state index contributed by atoms with van der Waals surface area (Å²) in [6.45, 7) is 2.39. The molecule has 0 spiro atoms. The van der Waals surface area contributed by atoms with Crippen molar-refractivity contribution >= 4 is 40.9 Å². The van der Waals surface area contributed by atoms with Crippen molar-refractivity contribution in [2.45, 2.75) is 51.0 Å². The number of aromatic nitrogens is 2. The maximum atomic E-state index is 12.8. The number of hydrogen-bond donors (Lipinski definition) is 3. The second kappa shape index (κ2) is 14.9. The van der Waals surface area contributed by atoms with Gasteiger partial charge in [0.2, 0.25) is 0 Å². The van der Waals surface area contributed by atoms with Crippen molar-refractivity contribution in [2.75, 3.05) is 12.4 Å². The van der Waals surface area contributed by atoms with Crippen LogP contribution in [0.5, 0.6) is 0 Å². The predicted molar refractivity (Wildman–Crippen MR) is 170 cm³/mol. The van der Waals surface area contributed by atoms with E-state index >= 15 is 0 Å². The van der Waals surface area contributed by atoms with Crippen molar-refractivity contribution in [3.05, 3.63) is 118 Å². The lowest BCUT2D eigenvalue weighted by Crippen LogP contribution is -2.45. The smallest absolute Gasteiger partial charge is 0.328 e. The SMILES string of the molecule is COC(=O)[C@H](Cc1ccccc1)NC(=O)Nc1ccc([C@@H]2O[C@H](Cn3cnc(Cl)c3Cl)[C@H](C)[C@H](c3ccc(CO)cc3)O2)cc1. The number of ether oxygens (including phenoxy) is 3. The number of carbonyl (C=O) groups is 2. The van der Waals surface area contributed by atoms with E-state index in [-0.39, 0.29) is 36.3 Å². The molecule has 12 heteroatoms. The van der Waals surface area contributed by atoms with Crippen LogP contribution < -0.4 is 10.6 Å². The molecule has 5 atom stereocenters. The van der Waals surface area contributed by atoms with Gasteiger partial charge in [0.15, 0.2) is 11.4 Å². The van der Waals surface area contributed by atoms with E-state index in [2.05, 4.69) is 15.6 Å². The van der Waals surface area contributed by atoms with Gasteiger partial charge in [-0.05, 0) is 28.8 Å². The molecule has 3 N–H and O–H groups in total. The van der Waals surface area contributed by atoms with Crippen molar-refractivity contribution < 1.29 is 28.9 Å². The van der Waals surface area contributed by atoms with E-state index < -0.39 is 24.3 Å². The van der Waals surface area contributed by atoms with E-state index in [0.29, 0.717) is 17.4 Å². The molecule has 3 aromatic carbocycles. The highest BCUT2D eigenvalue weighted by Crippen LogP contribution is 2.42. The van der Waals surface area contributed by atoms with E-state index in [4.69, 9.17) is 37.4 Å². The van der Waals surface area contributed by atoms with Gasteiger partial charge in [0, 0.05) is 23.6 Å². The predicted octanol–water partition coefficient (Wildman–Crippen LogP) is 6.08. The Balaban J connectivity index is 1.30. The Bertz CT molecular complexity index is 1580. The molecule has 5 rings (SSSR count). The highest BCUT2D eigenvalue weighted by atomic mass is 35.5. The van der Waals surface area contributed by atoms with Gasteiger partial charge in [0.05, 0.1) is 38.8 Å². The van der Waals surface area contributed by atoms with Crippen molar-refractivity contribution in [1.29, 1.82) is 0 Å². The molecule has 1 saturated heterocycles. The lowest BCUT2D eigenvalue weighted by molar-refractivity contribution is -0.276. The number of hydrogen-bond acceptors (Lipinski definition) is 7. The maximum Gasteiger partial charge on any atom is 0.328 e. The lowest BCUT2D eigenvalue weighted by atomic mass is 9.90. The third-order valence-electron chi connectivity index (χ3n) is 7.75. The Morgan fingerprint density at radius 2 is 1.67 bits per heavy atom. The normalized spacial score (nSPS) is 20.3. The summed E-state index contributed by atoms with van der Waals surface area (Å²) in [6, 6.07) is 22.7. The Morgan fingerprint density at radius 1 is 0.978 bits per heavy atom. The fraction of sp³-hybridized carbons (Fsp3) is 0.303. The Kier molecular flexibility index (Phi) is 10.7. The summed E-state index contributed by atoms with van der Waals surface area (Å²) in [7, 11) is 1.28. The second-order valence-corrected chi connectivity index (χ2v) is 11.5. The number of halogens is 2. The number of nitrogens with zero attached hydrogens (tertiary/aromatic N) is 2. The third kappa shape index (κ3) is 8.02. The number of imidazole rings is 1. The number of nitrogens with one attached hydrogen (secondary N) is 2. The standard InChI is InChI=1S/C33H34Cl2N4O6/c1-20-27(17-39-19-36-29(34)30(39)35)44-32(45-28(20)23-10-8-22(18-40)9-11-23)24-12-14-25(15-13-24)37-33(42)38-26(31(41)43-2)16-21-6-4-3-5-7-21/h3-15,19-20,26-28,32,40H,16-18H2,1-2H3,(H2,37,38,42)/t20-,26-,27+,28+,32+/m0/s1. The first-order valence-electron chi connectivity index (χ1n) is 14.4. The summed E-state index contributed by atoms with van der Waals surface area (Å²) in [4.78, 5) is 29.3. The van der Waals surface area contributed by atoms with Gasteiger partial charge in [-0.3, -0.25) is 0 Å². The minimum Gasteiger partial charge on any atom is -0.467 e. The summed E-state index contributed by atoms with van der Waals surface area (Å²) in [5.74, 6) is -0.624. The zero-order valence-electron chi connectivity index (χ0n) is 24.7. The summed E-state index contributed by atoms with van der Waals surface area (Å²) in [6.07, 6.45) is 0.479. The molecule has 45 heavy (non-hydrogen) atoms. The molecule has 1 aromatic heterocycles. The molecular weight excluding hydrogens is 619 g/mol. The van der Waals surface area contributed by atoms with E-state index in [1.54, 1.807) is 23.0 Å². The number of methoxy groups -OCH3 is 1. The van der Waals surface area contributed by atoms with Crippen molar-refractivity contribution in [1.82, 2.24) is 14.9 Å². The third-order valence-corrected chi connectivity index (χ3v) is 8.52. The molecule has 0 radical (unpaired) electrons. The van der Waals surface area contributed by atoms with E-state index in [9.17, 15) is 14.7 Å². The van der Waals surface area contributed by atoms with Gasteiger partial charge in [-0.2, -0.15) is 0 Å². The average molecular weight is 654 g/mol. The maximum absolute atomic E-state index is 12.8. The molecule has 1 fully saturated rings. The van der Waals surface area contributed by atoms with Crippen LogP contribution in [0.4, 0.5) is 10.5 Å². The second-order valence-electron chi connectivity index (χ2n) is 10.8. The highest BCUT2D eigenvalue weighted by molar-refractivity contribution is 6.40. The molecule has 0 unspecified atom stereocenters. The molecule has 2 heterocycles. The average Bonchev–Trinajstić information content (AvgIpc) is 3.38. The Labute approximate surface area is 271 Å². The molecule has 0 saturated carbocycles. The van der Waals surface area contributed by atoms with Gasteiger partial charge in [-0.1, -0.05) is 96.9 Å². The van der Waals surface area contributed by atoms with Crippen LogP contribution in [0.15, 0.2) is 85.2 Å². The molecule has 1 aliphatic heterocycles. The minimum absolute atomic E-state index is 0.0512. The zero-order valence-corrected chi connectivity index (χ0v) is 26.2. The summed E-state index contributed by atoms with van der Waals surface area (Å²) in [5.41, 5.74) is 3.88. The number of aliphatic hydroxyl groups is 1. The van der Waals surface area contributed by atoms with Crippen LogP contribution in [0.25, 0.3) is 0 Å². The van der Waals surface area contributed by atoms with Crippen LogP contribution in [0.2, 0.25) is 10.3 Å². The number of rotatable bonds is 10. The zero-order chi connectivity index (χ0) is 31.9. The lowest BCUT2D eigenvalue weighted by Gasteiger charge is -2.41. The van der Waals surface area contributed by atoms with Crippen LogP contribution >= 0.6 is 23.2 Å². The first kappa shape index (κ1) is 32.5. The van der Waals surface area contributed by atoms with Crippen LogP contribution in [-0.2, 0) is 38.6 Å². The summed E-state index contributed by atoms with van der Waals surface area (Å²) < 4.78 is 19.6. The topological polar surface area (TPSA) is 124 Å². The minimum atomic E-state index is -0.859. The number of amides is 2. The van der Waals surface area contributed by atoms with Crippen molar-refractivity contribution in [2.24, 2.45) is 5.92 Å². The van der Waals surface area contributed by atoms with Gasteiger partial charge in [-0.25, -0.2) is 14.6 Å². The van der Waals surface area contributed by atoms with Crippen molar-refractivity contribution in [3.63, 3.8) is 0 Å². The first-order valence-corrected chi connectivity index (χ1v) is 15.2. The van der Waals surface area contributed by atoms with Gasteiger partial charge in [0.25, 0.3) is 0 Å². The molecule has 0 bridgehead atoms. The van der Waals surface area contributed by atoms with Gasteiger partial charge < -0.3 is 34.5 Å². The van der Waals surface area contributed by atoms with Crippen LogP contribution in [-0.4, -0.2) is 45.9 Å². The molecular formula is C33H34Cl2N4O6. The molecule has 4 aromatic rings. The molecule has 236 valence electrons. The van der Waals surface area contributed by atoms with Gasteiger partial charge >= 0.3 is 12.0 Å². The molecule has 1 aliphatic rings. The monoisotopic (exact) mass is 652 g/mol. The molecule has 10 nitrogen and oxygen atoms in total. The fourth-order valence-corrected chi connectivity index (χ4v) is 5.54. The number of esters is 1. The number of benzene rings is 3. The summed E-state index contributed by atoms with van der Waals surface area (Å²) in [5, 5.41) is 15.5. The van der Waals surface area contributed by atoms with Crippen LogP contribution in [0.3, 0.4) is 0 Å². The highest BCUT2D eigenvalue weighted by Gasteiger charge is 2.39.